The van der Waals surface area contributed by atoms with Crippen LogP contribution in [0.15, 0.2) is 12.4 Å². The molecule has 0 fully saturated rings. The third kappa shape index (κ3) is 3.40. The van der Waals surface area contributed by atoms with Crippen molar-refractivity contribution in [2.45, 2.75) is 33.1 Å². The van der Waals surface area contributed by atoms with Crippen LogP contribution in [0, 0.1) is 5.92 Å². The van der Waals surface area contributed by atoms with Gasteiger partial charge < -0.3 is 4.98 Å². The molecule has 0 radical (unpaired) electrons. The Hall–Kier alpha value is -1.12. The summed E-state index contributed by atoms with van der Waals surface area (Å²) in [5, 5.41) is 0. The van der Waals surface area contributed by atoms with Gasteiger partial charge in [0.25, 0.3) is 0 Å². The number of imidazole rings is 1. The summed E-state index contributed by atoms with van der Waals surface area (Å²) in [4.78, 5) is 18.1. The van der Waals surface area contributed by atoms with E-state index in [1.807, 2.05) is 0 Å². The largest absolute Gasteiger partial charge is 0.342 e. The molecule has 0 unspecified atom stereocenters. The van der Waals surface area contributed by atoms with Crippen molar-refractivity contribution in [3.05, 3.63) is 18.2 Å². The number of carbonyl (C=O) groups is 1. The molecular weight excluding hydrogens is 164 g/mol. The van der Waals surface area contributed by atoms with Crippen LogP contribution < -0.4 is 0 Å². The van der Waals surface area contributed by atoms with E-state index in [0.29, 0.717) is 18.2 Å². The van der Waals surface area contributed by atoms with E-state index in [1.54, 1.807) is 12.4 Å². The number of nitrogens with one attached hydrogen (secondary N) is 1. The molecule has 0 spiro atoms. The minimum Gasteiger partial charge on any atom is -0.342 e. The van der Waals surface area contributed by atoms with Gasteiger partial charge in [0.15, 0.2) is 11.6 Å². The number of aromatic nitrogens is 2. The smallest absolute Gasteiger partial charge is 0.198 e. The van der Waals surface area contributed by atoms with E-state index in [4.69, 9.17) is 0 Å². The van der Waals surface area contributed by atoms with Gasteiger partial charge in [0.05, 0.1) is 0 Å². The predicted octanol–water partition coefficient (Wildman–Crippen LogP) is 2.42. The van der Waals surface area contributed by atoms with Crippen LogP contribution in [0.3, 0.4) is 0 Å². The molecule has 1 rings (SSSR count). The van der Waals surface area contributed by atoms with Crippen LogP contribution in [0.2, 0.25) is 0 Å². The summed E-state index contributed by atoms with van der Waals surface area (Å²) >= 11 is 0. The van der Waals surface area contributed by atoms with Crippen LogP contribution in [-0.4, -0.2) is 15.8 Å². The van der Waals surface area contributed by atoms with E-state index in [9.17, 15) is 4.79 Å². The monoisotopic (exact) mass is 180 g/mol. The predicted molar refractivity (Wildman–Crippen MR) is 51.6 cm³/mol. The zero-order chi connectivity index (χ0) is 9.68. The molecule has 1 N–H and O–H groups in total. The second kappa shape index (κ2) is 4.80. The molecule has 0 aliphatic rings. The van der Waals surface area contributed by atoms with Crippen LogP contribution in [0.5, 0.6) is 0 Å². The lowest BCUT2D eigenvalue weighted by atomic mass is 10.0. The molecule has 1 heterocycles. The third-order valence-electron chi connectivity index (χ3n) is 1.95. The van der Waals surface area contributed by atoms with Gasteiger partial charge in [0, 0.05) is 18.8 Å². The summed E-state index contributed by atoms with van der Waals surface area (Å²) < 4.78 is 0. The molecule has 0 aliphatic carbocycles. The van der Waals surface area contributed by atoms with Gasteiger partial charge in [-0.2, -0.15) is 0 Å². The number of nitrogens with zero attached hydrogens (tertiary/aromatic N) is 1. The van der Waals surface area contributed by atoms with Gasteiger partial charge >= 0.3 is 0 Å². The molecule has 3 nitrogen and oxygen atoms in total. The van der Waals surface area contributed by atoms with Crippen LogP contribution in [0.1, 0.15) is 43.7 Å². The van der Waals surface area contributed by atoms with E-state index in [0.717, 1.165) is 12.8 Å². The number of hydrogen-bond acceptors (Lipinski definition) is 2. The van der Waals surface area contributed by atoms with Gasteiger partial charge in [-0.05, 0) is 12.3 Å². The zero-order valence-corrected chi connectivity index (χ0v) is 8.21. The molecule has 1 aromatic rings. The summed E-state index contributed by atoms with van der Waals surface area (Å²) in [6.07, 6.45) is 5.95. The first-order valence-corrected chi connectivity index (χ1v) is 4.72. The lowest BCUT2D eigenvalue weighted by molar-refractivity contribution is 0.0969. The lowest BCUT2D eigenvalue weighted by Gasteiger charge is -2.01. The highest BCUT2D eigenvalue weighted by Crippen LogP contribution is 2.08. The topological polar surface area (TPSA) is 45.8 Å². The van der Waals surface area contributed by atoms with E-state index in [2.05, 4.69) is 23.8 Å². The van der Waals surface area contributed by atoms with E-state index in [-0.39, 0.29) is 5.78 Å². The number of carbonyl (C=O) groups excluding carboxylic acids is 1. The third-order valence-corrected chi connectivity index (χ3v) is 1.95. The molecule has 0 bridgehead atoms. The summed E-state index contributed by atoms with van der Waals surface area (Å²) in [6.45, 7) is 4.33. The Balaban J connectivity index is 2.27. The molecule has 1 aromatic heterocycles. The average Bonchev–Trinajstić information content (AvgIpc) is 2.55. The number of ketones is 1. The number of rotatable bonds is 5. The fourth-order valence-corrected chi connectivity index (χ4v) is 1.21. The highest BCUT2D eigenvalue weighted by molar-refractivity contribution is 5.92. The number of aromatic amines is 1. The summed E-state index contributed by atoms with van der Waals surface area (Å²) in [5.74, 6) is 1.28. The van der Waals surface area contributed by atoms with Gasteiger partial charge in [-0.25, -0.2) is 4.98 Å². The molecule has 0 saturated carbocycles. The Kier molecular flexibility index (Phi) is 3.68. The molecule has 72 valence electrons. The maximum atomic E-state index is 11.4. The molecule has 13 heavy (non-hydrogen) atoms. The van der Waals surface area contributed by atoms with Crippen molar-refractivity contribution in [2.75, 3.05) is 0 Å². The Morgan fingerprint density at radius 3 is 2.92 bits per heavy atom. The Bertz CT molecular complexity index is 252. The van der Waals surface area contributed by atoms with Crippen molar-refractivity contribution in [3.63, 3.8) is 0 Å². The van der Waals surface area contributed by atoms with Crippen LogP contribution in [0.25, 0.3) is 0 Å². The molecule has 0 aromatic carbocycles. The fourth-order valence-electron chi connectivity index (χ4n) is 1.21. The van der Waals surface area contributed by atoms with Crippen LogP contribution in [0.4, 0.5) is 0 Å². The minimum atomic E-state index is 0.116. The number of hydrogen-bond donors (Lipinski definition) is 1. The molecule has 0 atom stereocenters. The van der Waals surface area contributed by atoms with Crippen molar-refractivity contribution in [3.8, 4) is 0 Å². The molecule has 0 saturated heterocycles. The standard InChI is InChI=1S/C10H16N2O/c1-8(2)4-3-5-9(13)10-11-6-7-12-10/h6-8H,3-5H2,1-2H3,(H,11,12). The first kappa shape index (κ1) is 9.96. The quantitative estimate of drug-likeness (QED) is 0.707. The van der Waals surface area contributed by atoms with Crippen molar-refractivity contribution >= 4 is 5.78 Å². The summed E-state index contributed by atoms with van der Waals surface area (Å²) in [6, 6.07) is 0. The van der Waals surface area contributed by atoms with Gasteiger partial charge in [-0.3, -0.25) is 4.79 Å². The van der Waals surface area contributed by atoms with E-state index >= 15 is 0 Å². The zero-order valence-electron chi connectivity index (χ0n) is 8.21. The van der Waals surface area contributed by atoms with Gasteiger partial charge in [-0.15, -0.1) is 0 Å². The van der Waals surface area contributed by atoms with Crippen molar-refractivity contribution in [1.29, 1.82) is 0 Å². The number of Topliss-reactive ketones (excluding diaryl/α,β-unsaturated/α-hetero) is 1. The maximum Gasteiger partial charge on any atom is 0.198 e. The molecule has 0 aliphatic heterocycles. The Morgan fingerprint density at radius 1 is 1.62 bits per heavy atom. The Labute approximate surface area is 78.6 Å². The minimum absolute atomic E-state index is 0.116. The lowest BCUT2D eigenvalue weighted by Crippen LogP contribution is -2.02. The highest BCUT2D eigenvalue weighted by atomic mass is 16.1. The van der Waals surface area contributed by atoms with Crippen molar-refractivity contribution < 1.29 is 4.79 Å². The highest BCUT2D eigenvalue weighted by Gasteiger charge is 2.07. The van der Waals surface area contributed by atoms with E-state index < -0.39 is 0 Å². The SMILES string of the molecule is CC(C)CCCC(=O)c1ncc[nH]1. The summed E-state index contributed by atoms with van der Waals surface area (Å²) in [5.41, 5.74) is 0. The molecule has 0 amide bonds. The van der Waals surface area contributed by atoms with Gasteiger partial charge in [0.1, 0.15) is 0 Å². The van der Waals surface area contributed by atoms with Crippen LogP contribution >= 0.6 is 0 Å². The van der Waals surface area contributed by atoms with E-state index in [1.165, 1.54) is 0 Å². The number of H-pyrrole nitrogens is 1. The normalized spacial score (nSPS) is 10.7. The summed E-state index contributed by atoms with van der Waals surface area (Å²) in [7, 11) is 0. The molecular formula is C10H16N2O. The molecule has 3 heteroatoms. The first-order valence-electron chi connectivity index (χ1n) is 4.72. The fraction of sp³-hybridized carbons (Fsp3) is 0.600. The average molecular weight is 180 g/mol. The van der Waals surface area contributed by atoms with Gasteiger partial charge in [0.2, 0.25) is 0 Å². The second-order valence-electron chi connectivity index (χ2n) is 3.65. The second-order valence-corrected chi connectivity index (χ2v) is 3.65. The maximum absolute atomic E-state index is 11.4. The van der Waals surface area contributed by atoms with Gasteiger partial charge in [-0.1, -0.05) is 20.3 Å². The van der Waals surface area contributed by atoms with Crippen molar-refractivity contribution in [1.82, 2.24) is 9.97 Å². The Morgan fingerprint density at radius 2 is 2.38 bits per heavy atom. The van der Waals surface area contributed by atoms with Crippen molar-refractivity contribution in [2.24, 2.45) is 5.92 Å². The van der Waals surface area contributed by atoms with Crippen LogP contribution in [-0.2, 0) is 0 Å². The first-order chi connectivity index (χ1) is 6.20.